The highest BCUT2D eigenvalue weighted by molar-refractivity contribution is 5.50. The van der Waals surface area contributed by atoms with Crippen LogP contribution in [0.2, 0.25) is 0 Å². The van der Waals surface area contributed by atoms with Crippen LogP contribution in [0, 0.1) is 6.92 Å². The van der Waals surface area contributed by atoms with Gasteiger partial charge in [0.1, 0.15) is 0 Å². The van der Waals surface area contributed by atoms with Gasteiger partial charge in [-0.2, -0.15) is 13.2 Å². The molecule has 1 aromatic carbocycles. The molecule has 0 radical (unpaired) electrons. The number of rotatable bonds is 2. The van der Waals surface area contributed by atoms with E-state index in [-0.39, 0.29) is 0 Å². The van der Waals surface area contributed by atoms with Crippen LogP contribution in [0.25, 0.3) is 6.08 Å². The van der Waals surface area contributed by atoms with E-state index in [2.05, 4.69) is 0 Å². The number of aryl methyl sites for hydroxylation is 1. The Kier molecular flexibility index (Phi) is 3.52. The third-order valence-electron chi connectivity index (χ3n) is 1.85. The molecule has 0 saturated heterocycles. The zero-order chi connectivity index (χ0) is 11.5. The predicted molar refractivity (Wildman–Crippen MR) is 52.3 cm³/mol. The van der Waals surface area contributed by atoms with Crippen LogP contribution in [0.5, 0.6) is 0 Å². The summed E-state index contributed by atoms with van der Waals surface area (Å²) in [6.07, 6.45) is -5.02. The lowest BCUT2D eigenvalue weighted by atomic mass is 10.1. The Hall–Kier alpha value is -1.29. The van der Waals surface area contributed by atoms with Gasteiger partial charge in [0.2, 0.25) is 0 Å². The third kappa shape index (κ3) is 3.75. The highest BCUT2D eigenvalue weighted by Crippen LogP contribution is 2.21. The number of halogens is 3. The molecule has 0 heterocycles. The van der Waals surface area contributed by atoms with Gasteiger partial charge in [0.15, 0.2) is 6.10 Å². The molecule has 1 unspecified atom stereocenters. The first-order valence-electron chi connectivity index (χ1n) is 4.39. The molecule has 15 heavy (non-hydrogen) atoms. The van der Waals surface area contributed by atoms with E-state index < -0.39 is 12.3 Å². The topological polar surface area (TPSA) is 20.2 Å². The lowest BCUT2D eigenvalue weighted by molar-refractivity contribution is -0.187. The maximum atomic E-state index is 11.9. The van der Waals surface area contributed by atoms with E-state index >= 15 is 0 Å². The second-order valence-corrected chi connectivity index (χ2v) is 3.26. The van der Waals surface area contributed by atoms with Crippen LogP contribution in [0.15, 0.2) is 30.3 Å². The minimum atomic E-state index is -4.60. The second kappa shape index (κ2) is 4.49. The summed E-state index contributed by atoms with van der Waals surface area (Å²) in [5, 5.41) is 8.70. The fourth-order valence-electron chi connectivity index (χ4n) is 1.09. The van der Waals surface area contributed by atoms with E-state index in [4.69, 9.17) is 5.11 Å². The van der Waals surface area contributed by atoms with Crippen LogP contribution in [-0.2, 0) is 0 Å². The highest BCUT2D eigenvalue weighted by Gasteiger charge is 2.35. The van der Waals surface area contributed by atoms with Crippen molar-refractivity contribution in [2.75, 3.05) is 0 Å². The molecule has 1 rings (SSSR count). The third-order valence-corrected chi connectivity index (χ3v) is 1.85. The molecule has 0 aliphatic rings. The molecule has 0 amide bonds. The average molecular weight is 216 g/mol. The second-order valence-electron chi connectivity index (χ2n) is 3.26. The first-order chi connectivity index (χ1) is 6.89. The summed E-state index contributed by atoms with van der Waals surface area (Å²) in [4.78, 5) is 0. The summed E-state index contributed by atoms with van der Waals surface area (Å²) in [5.41, 5.74) is 1.59. The van der Waals surface area contributed by atoms with Gasteiger partial charge in [0, 0.05) is 0 Å². The maximum Gasteiger partial charge on any atom is 0.417 e. The van der Waals surface area contributed by atoms with E-state index in [0.717, 1.165) is 11.6 Å². The van der Waals surface area contributed by atoms with Gasteiger partial charge >= 0.3 is 6.18 Å². The molecule has 0 spiro atoms. The summed E-state index contributed by atoms with van der Waals surface area (Å²) in [6.45, 7) is 1.84. The molecule has 0 bridgehead atoms. The van der Waals surface area contributed by atoms with Gasteiger partial charge in [0.25, 0.3) is 0 Å². The Balaban J connectivity index is 2.74. The number of aliphatic hydroxyl groups is 1. The number of hydrogen-bond donors (Lipinski definition) is 1. The maximum absolute atomic E-state index is 11.9. The predicted octanol–water partition coefficient (Wildman–Crippen LogP) is 2.93. The Morgan fingerprint density at radius 2 is 2.00 bits per heavy atom. The molecule has 1 N–H and O–H groups in total. The van der Waals surface area contributed by atoms with Crippen molar-refractivity contribution in [3.05, 3.63) is 41.5 Å². The Morgan fingerprint density at radius 1 is 1.33 bits per heavy atom. The van der Waals surface area contributed by atoms with E-state index in [0.29, 0.717) is 5.56 Å². The number of aliphatic hydroxyl groups excluding tert-OH is 1. The van der Waals surface area contributed by atoms with Gasteiger partial charge in [-0.25, -0.2) is 0 Å². The summed E-state index contributed by atoms with van der Waals surface area (Å²) < 4.78 is 35.8. The zero-order valence-electron chi connectivity index (χ0n) is 8.12. The molecule has 1 atom stereocenters. The van der Waals surface area contributed by atoms with Gasteiger partial charge < -0.3 is 5.11 Å². The van der Waals surface area contributed by atoms with Crippen molar-refractivity contribution in [2.24, 2.45) is 0 Å². The Bertz CT molecular complexity index is 355. The van der Waals surface area contributed by atoms with Crippen LogP contribution in [0.3, 0.4) is 0 Å². The summed E-state index contributed by atoms with van der Waals surface area (Å²) in [6, 6.07) is 7.00. The smallest absolute Gasteiger partial charge is 0.380 e. The van der Waals surface area contributed by atoms with Gasteiger partial charge in [0.05, 0.1) is 0 Å². The van der Waals surface area contributed by atoms with Crippen molar-refractivity contribution in [3.63, 3.8) is 0 Å². The van der Waals surface area contributed by atoms with E-state index in [1.807, 2.05) is 13.0 Å². The first kappa shape index (κ1) is 11.8. The highest BCUT2D eigenvalue weighted by atomic mass is 19.4. The van der Waals surface area contributed by atoms with Crippen LogP contribution in [0.4, 0.5) is 13.2 Å². The van der Waals surface area contributed by atoms with Crippen LogP contribution >= 0.6 is 0 Å². The minimum Gasteiger partial charge on any atom is -0.380 e. The lowest BCUT2D eigenvalue weighted by Crippen LogP contribution is -2.25. The summed E-state index contributed by atoms with van der Waals surface area (Å²) in [5.74, 6) is 0. The SMILES string of the molecule is Cc1cccc(/C=C/C(O)C(F)(F)F)c1. The van der Waals surface area contributed by atoms with Crippen molar-refractivity contribution in [1.29, 1.82) is 0 Å². The largest absolute Gasteiger partial charge is 0.417 e. The minimum absolute atomic E-state index is 0.637. The molecule has 0 aromatic heterocycles. The lowest BCUT2D eigenvalue weighted by Gasteiger charge is -2.09. The van der Waals surface area contributed by atoms with Crippen LogP contribution in [0.1, 0.15) is 11.1 Å². The average Bonchev–Trinajstić information content (AvgIpc) is 2.12. The van der Waals surface area contributed by atoms with Gasteiger partial charge in [-0.05, 0) is 18.6 Å². The fraction of sp³-hybridized carbons (Fsp3) is 0.273. The quantitative estimate of drug-likeness (QED) is 0.805. The molecule has 4 heteroatoms. The normalized spacial score (nSPS) is 14.5. The van der Waals surface area contributed by atoms with Gasteiger partial charge in [-0.15, -0.1) is 0 Å². The molecule has 0 saturated carbocycles. The fourth-order valence-corrected chi connectivity index (χ4v) is 1.09. The van der Waals surface area contributed by atoms with Crippen molar-refractivity contribution in [2.45, 2.75) is 19.2 Å². The van der Waals surface area contributed by atoms with Crippen molar-refractivity contribution in [1.82, 2.24) is 0 Å². The monoisotopic (exact) mass is 216 g/mol. The standard InChI is InChI=1S/C11H11F3O/c1-8-3-2-4-9(7-8)5-6-10(15)11(12,13)14/h2-7,10,15H,1H3/b6-5+. The van der Waals surface area contributed by atoms with Crippen molar-refractivity contribution >= 4 is 6.08 Å². The van der Waals surface area contributed by atoms with Crippen molar-refractivity contribution < 1.29 is 18.3 Å². The Morgan fingerprint density at radius 3 is 2.53 bits per heavy atom. The number of alkyl halides is 3. The summed E-state index contributed by atoms with van der Waals surface area (Å²) in [7, 11) is 0. The molecule has 0 aliphatic heterocycles. The molecular weight excluding hydrogens is 205 g/mol. The Labute approximate surface area is 85.9 Å². The summed E-state index contributed by atoms with van der Waals surface area (Å²) >= 11 is 0. The molecule has 1 aromatic rings. The number of hydrogen-bond acceptors (Lipinski definition) is 1. The zero-order valence-corrected chi connectivity index (χ0v) is 8.12. The van der Waals surface area contributed by atoms with Gasteiger partial charge in [-0.1, -0.05) is 35.9 Å². The molecule has 0 aliphatic carbocycles. The van der Waals surface area contributed by atoms with E-state index in [1.54, 1.807) is 18.2 Å². The molecule has 82 valence electrons. The van der Waals surface area contributed by atoms with Crippen molar-refractivity contribution in [3.8, 4) is 0 Å². The first-order valence-corrected chi connectivity index (χ1v) is 4.39. The molecule has 1 nitrogen and oxygen atoms in total. The molecular formula is C11H11F3O. The van der Waals surface area contributed by atoms with Gasteiger partial charge in [-0.3, -0.25) is 0 Å². The van der Waals surface area contributed by atoms with Crippen LogP contribution in [-0.4, -0.2) is 17.4 Å². The van der Waals surface area contributed by atoms with E-state index in [1.165, 1.54) is 6.08 Å². The van der Waals surface area contributed by atoms with Crippen LogP contribution < -0.4 is 0 Å². The van der Waals surface area contributed by atoms with E-state index in [9.17, 15) is 13.2 Å². The molecule has 0 fully saturated rings. The number of benzene rings is 1.